The van der Waals surface area contributed by atoms with Gasteiger partial charge in [0, 0.05) is 28.2 Å². The molecule has 2 aromatic carbocycles. The molecule has 1 N–H and O–H groups in total. The largest absolute Gasteiger partial charge is 0.306 e. The predicted octanol–water partition coefficient (Wildman–Crippen LogP) is 4.72. The van der Waals surface area contributed by atoms with Crippen molar-refractivity contribution in [3.05, 3.63) is 69.4 Å². The van der Waals surface area contributed by atoms with Crippen molar-refractivity contribution in [3.63, 3.8) is 0 Å². The van der Waals surface area contributed by atoms with Gasteiger partial charge in [-0.15, -0.1) is 0 Å². The summed E-state index contributed by atoms with van der Waals surface area (Å²) in [4.78, 5) is 0. The van der Waals surface area contributed by atoms with E-state index in [-0.39, 0.29) is 17.9 Å². The van der Waals surface area contributed by atoms with Gasteiger partial charge in [-0.1, -0.05) is 15.9 Å². The van der Waals surface area contributed by atoms with Gasteiger partial charge in [-0.2, -0.15) is 0 Å². The van der Waals surface area contributed by atoms with Crippen LogP contribution in [0.25, 0.3) is 0 Å². The van der Waals surface area contributed by atoms with Crippen LogP contribution in [0.5, 0.6) is 0 Å². The molecule has 2 aromatic rings. The molecule has 0 fully saturated rings. The molecule has 1 unspecified atom stereocenters. The van der Waals surface area contributed by atoms with Gasteiger partial charge in [-0.25, -0.2) is 13.2 Å². The van der Waals surface area contributed by atoms with E-state index in [1.165, 1.54) is 6.07 Å². The van der Waals surface area contributed by atoms with Gasteiger partial charge in [0.25, 0.3) is 0 Å². The maximum Gasteiger partial charge on any atom is 0.128 e. The first-order valence-electron chi connectivity index (χ1n) is 6.09. The fourth-order valence-corrected chi connectivity index (χ4v) is 2.31. The predicted molar refractivity (Wildman–Crippen MR) is 75.7 cm³/mol. The van der Waals surface area contributed by atoms with Gasteiger partial charge < -0.3 is 5.32 Å². The van der Waals surface area contributed by atoms with E-state index in [1.54, 1.807) is 19.1 Å². The summed E-state index contributed by atoms with van der Waals surface area (Å²) >= 11 is 3.27. The second kappa shape index (κ2) is 6.41. The van der Waals surface area contributed by atoms with E-state index >= 15 is 0 Å². The molecular weight excluding hydrogens is 331 g/mol. The zero-order chi connectivity index (χ0) is 14.7. The third-order valence-electron chi connectivity index (χ3n) is 3.03. The summed E-state index contributed by atoms with van der Waals surface area (Å²) in [6.07, 6.45) is 0. The lowest BCUT2D eigenvalue weighted by atomic mass is 10.1. The van der Waals surface area contributed by atoms with Crippen molar-refractivity contribution in [1.82, 2.24) is 5.32 Å². The molecule has 1 nitrogen and oxygen atoms in total. The van der Waals surface area contributed by atoms with Gasteiger partial charge >= 0.3 is 0 Å². The Balaban J connectivity index is 2.10. The lowest BCUT2D eigenvalue weighted by molar-refractivity contribution is 0.508. The minimum absolute atomic E-state index is 0.223. The van der Waals surface area contributed by atoms with Crippen LogP contribution in [-0.2, 0) is 6.54 Å². The fourth-order valence-electron chi connectivity index (χ4n) is 1.90. The molecule has 0 saturated heterocycles. The second-order valence-electron chi connectivity index (χ2n) is 4.50. The van der Waals surface area contributed by atoms with Crippen molar-refractivity contribution >= 4 is 15.9 Å². The average molecular weight is 344 g/mol. The van der Waals surface area contributed by atoms with Crippen molar-refractivity contribution in [3.8, 4) is 0 Å². The summed E-state index contributed by atoms with van der Waals surface area (Å²) in [5.41, 5.74) is 0.684. The standard InChI is InChI=1S/C15H13BrF3N/c1-9(13-7-12(17)3-5-15(13)19)20-8-10-6-11(16)2-4-14(10)18/h2-7,9,20H,8H2,1H3. The van der Waals surface area contributed by atoms with Crippen LogP contribution >= 0.6 is 15.9 Å². The Morgan fingerprint density at radius 1 is 1.05 bits per heavy atom. The van der Waals surface area contributed by atoms with Crippen molar-refractivity contribution < 1.29 is 13.2 Å². The topological polar surface area (TPSA) is 12.0 Å². The van der Waals surface area contributed by atoms with Gasteiger partial charge in [-0.05, 0) is 43.3 Å². The molecular formula is C15H13BrF3N. The number of benzene rings is 2. The normalized spacial score (nSPS) is 12.4. The molecule has 0 saturated carbocycles. The molecule has 0 amide bonds. The first kappa shape index (κ1) is 15.1. The Hall–Kier alpha value is -1.33. The second-order valence-corrected chi connectivity index (χ2v) is 5.42. The highest BCUT2D eigenvalue weighted by molar-refractivity contribution is 9.10. The highest BCUT2D eigenvalue weighted by atomic mass is 79.9. The lowest BCUT2D eigenvalue weighted by Gasteiger charge is -2.15. The van der Waals surface area contributed by atoms with E-state index in [0.29, 0.717) is 5.56 Å². The molecule has 106 valence electrons. The van der Waals surface area contributed by atoms with Crippen LogP contribution in [0.2, 0.25) is 0 Å². The van der Waals surface area contributed by atoms with Gasteiger partial charge in [-0.3, -0.25) is 0 Å². The summed E-state index contributed by atoms with van der Waals surface area (Å²) < 4.78 is 41.1. The van der Waals surface area contributed by atoms with E-state index in [4.69, 9.17) is 0 Å². The summed E-state index contributed by atoms with van der Waals surface area (Å²) in [5.74, 6) is -1.32. The number of halogens is 4. The lowest BCUT2D eigenvalue weighted by Crippen LogP contribution is -2.20. The van der Waals surface area contributed by atoms with Crippen molar-refractivity contribution in [2.45, 2.75) is 19.5 Å². The van der Waals surface area contributed by atoms with Gasteiger partial charge in [0.05, 0.1) is 0 Å². The Morgan fingerprint density at radius 2 is 1.75 bits per heavy atom. The highest BCUT2D eigenvalue weighted by Gasteiger charge is 2.12. The molecule has 1 atom stereocenters. The Morgan fingerprint density at radius 3 is 2.50 bits per heavy atom. The van der Waals surface area contributed by atoms with E-state index in [2.05, 4.69) is 21.2 Å². The zero-order valence-corrected chi connectivity index (χ0v) is 12.3. The Kier molecular flexibility index (Phi) is 4.83. The van der Waals surface area contributed by atoms with Gasteiger partial charge in [0.2, 0.25) is 0 Å². The Bertz CT molecular complexity index is 616. The maximum atomic E-state index is 13.6. The van der Waals surface area contributed by atoms with Crippen LogP contribution in [-0.4, -0.2) is 0 Å². The first-order valence-corrected chi connectivity index (χ1v) is 6.89. The molecule has 0 aliphatic carbocycles. The molecule has 0 radical (unpaired) electrons. The third-order valence-corrected chi connectivity index (χ3v) is 3.52. The SMILES string of the molecule is CC(NCc1cc(Br)ccc1F)c1cc(F)ccc1F. The molecule has 20 heavy (non-hydrogen) atoms. The number of rotatable bonds is 4. The van der Waals surface area contributed by atoms with E-state index in [9.17, 15) is 13.2 Å². The molecule has 5 heteroatoms. The van der Waals surface area contributed by atoms with Crippen LogP contribution in [0.3, 0.4) is 0 Å². The fraction of sp³-hybridized carbons (Fsp3) is 0.200. The molecule has 0 heterocycles. The van der Waals surface area contributed by atoms with Crippen molar-refractivity contribution in [2.75, 3.05) is 0 Å². The smallest absolute Gasteiger partial charge is 0.128 e. The average Bonchev–Trinajstić information content (AvgIpc) is 2.42. The summed E-state index contributed by atoms with van der Waals surface area (Å²) in [6, 6.07) is 7.48. The first-order chi connectivity index (χ1) is 9.47. The molecule has 0 bridgehead atoms. The molecule has 0 aliphatic rings. The van der Waals surface area contributed by atoms with Crippen LogP contribution in [0.15, 0.2) is 40.9 Å². The van der Waals surface area contributed by atoms with Gasteiger partial charge in [0.1, 0.15) is 17.5 Å². The summed E-state index contributed by atoms with van der Waals surface area (Å²) in [6.45, 7) is 1.93. The summed E-state index contributed by atoms with van der Waals surface area (Å²) in [5, 5.41) is 2.98. The maximum absolute atomic E-state index is 13.6. The zero-order valence-electron chi connectivity index (χ0n) is 10.8. The van der Waals surface area contributed by atoms with Crippen LogP contribution in [0.4, 0.5) is 13.2 Å². The highest BCUT2D eigenvalue weighted by Crippen LogP contribution is 2.20. The van der Waals surface area contributed by atoms with Crippen LogP contribution in [0.1, 0.15) is 24.1 Å². The number of nitrogens with one attached hydrogen (secondary N) is 1. The summed E-state index contributed by atoms with van der Waals surface area (Å²) in [7, 11) is 0. The van der Waals surface area contributed by atoms with E-state index in [1.807, 2.05) is 0 Å². The molecule has 0 aromatic heterocycles. The van der Waals surface area contributed by atoms with Crippen LogP contribution < -0.4 is 5.32 Å². The molecule has 2 rings (SSSR count). The quantitative estimate of drug-likeness (QED) is 0.847. The van der Waals surface area contributed by atoms with Crippen molar-refractivity contribution in [1.29, 1.82) is 0 Å². The molecule has 0 aliphatic heterocycles. The number of hydrogen-bond donors (Lipinski definition) is 1. The molecule has 0 spiro atoms. The number of hydrogen-bond acceptors (Lipinski definition) is 1. The van der Waals surface area contributed by atoms with Crippen molar-refractivity contribution in [2.24, 2.45) is 0 Å². The minimum Gasteiger partial charge on any atom is -0.306 e. The van der Waals surface area contributed by atoms with Crippen LogP contribution in [0, 0.1) is 17.5 Å². The van der Waals surface area contributed by atoms with E-state index in [0.717, 1.165) is 22.7 Å². The Labute approximate surface area is 123 Å². The van der Waals surface area contributed by atoms with Gasteiger partial charge in [0.15, 0.2) is 0 Å². The minimum atomic E-state index is -0.497. The monoisotopic (exact) mass is 343 g/mol. The third kappa shape index (κ3) is 3.61. The van der Waals surface area contributed by atoms with E-state index < -0.39 is 17.7 Å².